The number of pyridine rings is 1. The summed E-state index contributed by atoms with van der Waals surface area (Å²) in [5, 5.41) is 5.79. The van der Waals surface area contributed by atoms with Gasteiger partial charge in [-0.2, -0.15) is 17.9 Å². The van der Waals surface area contributed by atoms with E-state index < -0.39 is 17.8 Å². The average molecular weight is 369 g/mol. The van der Waals surface area contributed by atoms with Crippen LogP contribution in [0.5, 0.6) is 11.8 Å². The number of aromatic nitrogens is 3. The van der Waals surface area contributed by atoms with Crippen LogP contribution in [0.4, 0.5) is 18.0 Å². The molecular weight excluding hydrogens is 360 g/mol. The smallest absolute Gasteiger partial charge is 0.416 e. The van der Waals surface area contributed by atoms with E-state index in [-0.39, 0.29) is 27.5 Å². The summed E-state index contributed by atoms with van der Waals surface area (Å²) < 4.78 is 43.8. The molecule has 0 aliphatic carbocycles. The number of hydrogen-bond acceptors (Lipinski definition) is 4. The Morgan fingerprint density at radius 2 is 2.00 bits per heavy atom. The second-order valence-corrected chi connectivity index (χ2v) is 5.07. The molecule has 0 fully saturated rings. The minimum absolute atomic E-state index is 0.00589. The maximum atomic E-state index is 12.6. The molecule has 0 aliphatic rings. The quantitative estimate of drug-likeness (QED) is 0.872. The molecule has 11 heteroatoms. The highest BCUT2D eigenvalue weighted by Gasteiger charge is 2.32. The van der Waals surface area contributed by atoms with Crippen LogP contribution in [0.2, 0.25) is 10.0 Å². The molecule has 23 heavy (non-hydrogen) atoms. The van der Waals surface area contributed by atoms with Gasteiger partial charge in [0, 0.05) is 13.2 Å². The van der Waals surface area contributed by atoms with Gasteiger partial charge in [-0.05, 0) is 13.0 Å². The molecule has 124 valence electrons. The van der Waals surface area contributed by atoms with Crippen molar-refractivity contribution in [2.24, 2.45) is 0 Å². The minimum Gasteiger partial charge on any atom is -0.416 e. The molecule has 0 saturated carbocycles. The molecule has 0 radical (unpaired) electrons. The molecule has 6 nitrogen and oxygen atoms in total. The molecule has 2 rings (SSSR count). The number of nitrogens with zero attached hydrogens (tertiary/aromatic N) is 3. The Kier molecular flexibility index (Phi) is 4.71. The minimum atomic E-state index is -4.58. The van der Waals surface area contributed by atoms with Gasteiger partial charge >= 0.3 is 12.2 Å². The number of carbonyl (C=O) groups excluding carboxylic acids is 1. The highest BCUT2D eigenvalue weighted by Crippen LogP contribution is 2.36. The van der Waals surface area contributed by atoms with Crippen LogP contribution < -0.4 is 10.1 Å². The number of rotatable bonds is 2. The van der Waals surface area contributed by atoms with Crippen molar-refractivity contribution < 1.29 is 22.7 Å². The lowest BCUT2D eigenvalue weighted by Crippen LogP contribution is -2.26. The van der Waals surface area contributed by atoms with E-state index in [1.807, 2.05) is 0 Å². The monoisotopic (exact) mass is 368 g/mol. The van der Waals surface area contributed by atoms with Gasteiger partial charge < -0.3 is 10.1 Å². The third-order valence-electron chi connectivity index (χ3n) is 2.75. The Bertz CT molecular complexity index is 761. The molecule has 0 bridgehead atoms. The number of carbonyl (C=O) groups is 1. The second kappa shape index (κ2) is 6.25. The van der Waals surface area contributed by atoms with Crippen LogP contribution in [0, 0.1) is 6.92 Å². The van der Waals surface area contributed by atoms with Crippen LogP contribution >= 0.6 is 23.2 Å². The van der Waals surface area contributed by atoms with Crippen molar-refractivity contribution in [2.45, 2.75) is 13.1 Å². The van der Waals surface area contributed by atoms with E-state index in [1.165, 1.54) is 14.0 Å². The number of nitrogens with one attached hydrogen (secondary N) is 1. The van der Waals surface area contributed by atoms with E-state index in [0.29, 0.717) is 12.3 Å². The number of ether oxygens (including phenoxy) is 1. The van der Waals surface area contributed by atoms with Crippen molar-refractivity contribution in [3.05, 3.63) is 33.6 Å². The Morgan fingerprint density at radius 3 is 2.52 bits per heavy atom. The summed E-state index contributed by atoms with van der Waals surface area (Å²) in [4.78, 5) is 15.1. The molecule has 0 saturated heterocycles. The van der Waals surface area contributed by atoms with Gasteiger partial charge in [0.2, 0.25) is 5.88 Å². The third kappa shape index (κ3) is 3.50. The Labute approximate surface area is 138 Å². The van der Waals surface area contributed by atoms with Gasteiger partial charge in [0.05, 0.1) is 11.3 Å². The zero-order valence-corrected chi connectivity index (χ0v) is 13.2. The molecule has 2 aromatic heterocycles. The third-order valence-corrected chi connectivity index (χ3v) is 3.45. The van der Waals surface area contributed by atoms with Gasteiger partial charge in [-0.1, -0.05) is 23.2 Å². The fourth-order valence-electron chi connectivity index (χ4n) is 1.57. The van der Waals surface area contributed by atoms with Crippen molar-refractivity contribution in [3.8, 4) is 11.8 Å². The first-order valence-electron chi connectivity index (χ1n) is 6.03. The molecule has 0 unspecified atom stereocenters. The molecule has 2 heterocycles. The van der Waals surface area contributed by atoms with E-state index in [1.54, 1.807) is 0 Å². The lowest BCUT2D eigenvalue weighted by atomic mass is 10.3. The predicted octanol–water partition coefficient (Wildman–Crippen LogP) is 3.89. The molecule has 0 spiro atoms. The summed E-state index contributed by atoms with van der Waals surface area (Å²) in [5.41, 5.74) is -0.739. The first-order chi connectivity index (χ1) is 10.6. The highest BCUT2D eigenvalue weighted by atomic mass is 35.5. The normalized spacial score (nSPS) is 11.4. The lowest BCUT2D eigenvalue weighted by Gasteiger charge is -2.08. The van der Waals surface area contributed by atoms with Crippen LogP contribution in [0.25, 0.3) is 0 Å². The number of hydrogen-bond donors (Lipinski definition) is 1. The largest absolute Gasteiger partial charge is 0.417 e. The first kappa shape index (κ1) is 17.4. The zero-order valence-electron chi connectivity index (χ0n) is 11.7. The van der Waals surface area contributed by atoms with E-state index in [0.717, 1.165) is 4.68 Å². The number of alkyl halides is 3. The Hall–Kier alpha value is -2.00. The summed E-state index contributed by atoms with van der Waals surface area (Å²) in [6, 6.07) is 0.103. The summed E-state index contributed by atoms with van der Waals surface area (Å²) in [5.74, 6) is -0.523. The van der Waals surface area contributed by atoms with Crippen molar-refractivity contribution >= 4 is 29.2 Å². The molecule has 0 aliphatic heterocycles. The predicted molar refractivity (Wildman–Crippen MR) is 76.2 cm³/mol. The molecule has 0 atom stereocenters. The maximum Gasteiger partial charge on any atom is 0.417 e. The molecule has 1 amide bonds. The summed E-state index contributed by atoms with van der Waals surface area (Å²) in [6.07, 6.45) is -4.01. The summed E-state index contributed by atoms with van der Waals surface area (Å²) >= 11 is 11.7. The number of halogens is 5. The van der Waals surface area contributed by atoms with Crippen molar-refractivity contribution in [3.63, 3.8) is 0 Å². The van der Waals surface area contributed by atoms with E-state index >= 15 is 0 Å². The van der Waals surface area contributed by atoms with E-state index in [2.05, 4.69) is 15.4 Å². The summed E-state index contributed by atoms with van der Waals surface area (Å²) in [7, 11) is 1.40. The molecule has 1 N–H and O–H groups in total. The Balaban J connectivity index is 2.35. The summed E-state index contributed by atoms with van der Waals surface area (Å²) in [6.45, 7) is 1.51. The van der Waals surface area contributed by atoms with Crippen molar-refractivity contribution in [1.82, 2.24) is 20.1 Å². The fraction of sp³-hybridized carbons (Fsp3) is 0.250. The van der Waals surface area contributed by atoms with Crippen LogP contribution in [-0.4, -0.2) is 27.8 Å². The fourth-order valence-corrected chi connectivity index (χ4v) is 1.93. The second-order valence-electron chi connectivity index (χ2n) is 4.28. The standard InChI is InChI=1S/C12H9Cl2F3N4O2/c1-5-8(14)10(20-21(5)11(22)18-2)23-9-7(13)3-6(4-19-9)12(15,16)17/h3-4H,1-2H3,(H,18,22). The molecular formula is C12H9Cl2F3N4O2. The van der Waals surface area contributed by atoms with Crippen LogP contribution in [0.15, 0.2) is 12.3 Å². The zero-order chi connectivity index (χ0) is 17.4. The molecule has 2 aromatic rings. The van der Waals surface area contributed by atoms with Gasteiger partial charge in [-0.15, -0.1) is 5.10 Å². The average Bonchev–Trinajstić information content (AvgIpc) is 2.76. The van der Waals surface area contributed by atoms with Crippen LogP contribution in [-0.2, 0) is 6.18 Å². The first-order valence-corrected chi connectivity index (χ1v) is 6.78. The van der Waals surface area contributed by atoms with Crippen molar-refractivity contribution in [1.29, 1.82) is 0 Å². The highest BCUT2D eigenvalue weighted by molar-refractivity contribution is 6.33. The van der Waals surface area contributed by atoms with Gasteiger partial charge in [-0.3, -0.25) is 0 Å². The SMILES string of the molecule is CNC(=O)n1nc(Oc2ncc(C(F)(F)F)cc2Cl)c(Cl)c1C. The van der Waals surface area contributed by atoms with Crippen LogP contribution in [0.1, 0.15) is 11.3 Å². The molecule has 0 aromatic carbocycles. The van der Waals surface area contributed by atoms with Gasteiger partial charge in [0.1, 0.15) is 10.0 Å². The van der Waals surface area contributed by atoms with E-state index in [4.69, 9.17) is 27.9 Å². The maximum absolute atomic E-state index is 12.6. The van der Waals surface area contributed by atoms with Gasteiger partial charge in [0.25, 0.3) is 5.88 Å². The van der Waals surface area contributed by atoms with E-state index in [9.17, 15) is 18.0 Å². The van der Waals surface area contributed by atoms with Crippen LogP contribution in [0.3, 0.4) is 0 Å². The van der Waals surface area contributed by atoms with Gasteiger partial charge in [0.15, 0.2) is 0 Å². The van der Waals surface area contributed by atoms with Crippen molar-refractivity contribution in [2.75, 3.05) is 7.05 Å². The number of amides is 1. The Morgan fingerprint density at radius 1 is 1.35 bits per heavy atom. The van der Waals surface area contributed by atoms with Gasteiger partial charge in [-0.25, -0.2) is 9.78 Å². The topological polar surface area (TPSA) is 69.0 Å². The lowest BCUT2D eigenvalue weighted by molar-refractivity contribution is -0.137.